The molecule has 1 aromatic rings. The van der Waals surface area contributed by atoms with E-state index < -0.39 is 0 Å². The molecule has 0 bridgehead atoms. The molecule has 1 saturated carbocycles. The van der Waals surface area contributed by atoms with Crippen LogP contribution >= 0.6 is 38.9 Å². The predicted molar refractivity (Wildman–Crippen MR) is 79.9 cm³/mol. The predicted octanol–water partition coefficient (Wildman–Crippen LogP) is 4.65. The number of halogens is 2. The highest BCUT2D eigenvalue weighted by Gasteiger charge is 2.23. The van der Waals surface area contributed by atoms with Crippen LogP contribution in [0.2, 0.25) is 0 Å². The molecule has 1 aliphatic rings. The summed E-state index contributed by atoms with van der Waals surface area (Å²) in [5.74, 6) is 2.34. The molecule has 2 unspecified atom stereocenters. The van der Waals surface area contributed by atoms with Crippen LogP contribution in [0.5, 0.6) is 0 Å². The van der Waals surface area contributed by atoms with Crippen LogP contribution in [0.15, 0.2) is 15.9 Å². The van der Waals surface area contributed by atoms with Gasteiger partial charge in [0.15, 0.2) is 0 Å². The fourth-order valence-corrected chi connectivity index (χ4v) is 4.44. The lowest BCUT2D eigenvalue weighted by Crippen LogP contribution is -2.31. The van der Waals surface area contributed by atoms with Crippen LogP contribution in [-0.4, -0.2) is 12.4 Å². The summed E-state index contributed by atoms with van der Waals surface area (Å²) in [6.45, 7) is 2.11. The van der Waals surface area contributed by atoms with Gasteiger partial charge in [0.05, 0.1) is 3.79 Å². The Morgan fingerprint density at radius 1 is 1.29 bits per heavy atom. The average Bonchev–Trinajstić information content (AvgIpc) is 2.76. The number of rotatable bonds is 5. The van der Waals surface area contributed by atoms with E-state index in [0.29, 0.717) is 0 Å². The van der Waals surface area contributed by atoms with Gasteiger partial charge < -0.3 is 5.32 Å². The molecule has 2 atom stereocenters. The van der Waals surface area contributed by atoms with Crippen molar-refractivity contribution in [2.75, 3.05) is 12.4 Å². The van der Waals surface area contributed by atoms with Crippen molar-refractivity contribution < 1.29 is 0 Å². The maximum Gasteiger partial charge on any atom is 0.0701 e. The Balaban J connectivity index is 1.73. The van der Waals surface area contributed by atoms with Gasteiger partial charge in [-0.05, 0) is 59.3 Å². The summed E-state index contributed by atoms with van der Waals surface area (Å²) in [7, 11) is 0. The van der Waals surface area contributed by atoms with Crippen molar-refractivity contribution in [3.05, 3.63) is 20.8 Å². The van der Waals surface area contributed by atoms with Gasteiger partial charge >= 0.3 is 0 Å². The molecule has 0 spiro atoms. The number of hydrogen-bond acceptors (Lipinski definition) is 2. The molecule has 1 N–H and O–H groups in total. The normalized spacial score (nSPS) is 25.1. The van der Waals surface area contributed by atoms with Crippen molar-refractivity contribution in [1.29, 1.82) is 0 Å². The van der Waals surface area contributed by atoms with Gasteiger partial charge in [0.25, 0.3) is 0 Å². The lowest BCUT2D eigenvalue weighted by Gasteiger charge is -2.30. The Kier molecular flexibility index (Phi) is 5.81. The molecule has 96 valence electrons. The second kappa shape index (κ2) is 7.13. The lowest BCUT2D eigenvalue weighted by atomic mass is 9.80. The highest BCUT2D eigenvalue weighted by Crippen LogP contribution is 2.30. The fraction of sp³-hybridized carbons (Fsp3) is 0.692. The monoisotopic (exact) mass is 335 g/mol. The van der Waals surface area contributed by atoms with Gasteiger partial charge in [0, 0.05) is 17.3 Å². The average molecular weight is 337 g/mol. The zero-order valence-corrected chi connectivity index (χ0v) is 13.1. The number of nitrogens with one attached hydrogen (secondary N) is 1. The minimum Gasteiger partial charge on any atom is -0.312 e. The molecule has 0 aliphatic heterocycles. The van der Waals surface area contributed by atoms with Crippen LogP contribution in [0.1, 0.15) is 30.6 Å². The molecule has 1 heterocycles. The van der Waals surface area contributed by atoms with Crippen molar-refractivity contribution in [2.24, 2.45) is 11.8 Å². The molecule has 0 aromatic carbocycles. The van der Waals surface area contributed by atoms with Crippen LogP contribution in [0.3, 0.4) is 0 Å². The van der Waals surface area contributed by atoms with Crippen LogP contribution in [-0.2, 0) is 6.54 Å². The van der Waals surface area contributed by atoms with E-state index in [1.165, 1.54) is 34.3 Å². The SMILES string of the molecule is ClCC1CCCCC1CNCc1ccc(Br)s1. The molecule has 0 saturated heterocycles. The van der Waals surface area contributed by atoms with Gasteiger partial charge in [-0.2, -0.15) is 0 Å². The van der Waals surface area contributed by atoms with Crippen molar-refractivity contribution in [2.45, 2.75) is 32.2 Å². The molecule has 17 heavy (non-hydrogen) atoms. The molecule has 1 nitrogen and oxygen atoms in total. The first kappa shape index (κ1) is 13.9. The fourth-order valence-electron chi connectivity index (χ4n) is 2.58. The quantitative estimate of drug-likeness (QED) is 0.772. The Morgan fingerprint density at radius 2 is 2.06 bits per heavy atom. The molecule has 2 rings (SSSR count). The standard InChI is InChI=1S/C13H19BrClNS/c14-13-6-5-12(17-13)9-16-8-11-4-2-1-3-10(11)7-15/h5-6,10-11,16H,1-4,7-9H2. The smallest absolute Gasteiger partial charge is 0.0701 e. The molecule has 1 aliphatic carbocycles. The lowest BCUT2D eigenvalue weighted by molar-refractivity contribution is 0.251. The Morgan fingerprint density at radius 3 is 2.71 bits per heavy atom. The Bertz CT molecular complexity index is 342. The molecule has 0 radical (unpaired) electrons. The zero-order chi connectivity index (χ0) is 12.1. The molecule has 0 amide bonds. The van der Waals surface area contributed by atoms with E-state index in [1.54, 1.807) is 0 Å². The van der Waals surface area contributed by atoms with E-state index >= 15 is 0 Å². The summed E-state index contributed by atoms with van der Waals surface area (Å²) >= 11 is 11.3. The van der Waals surface area contributed by atoms with Crippen LogP contribution in [0.4, 0.5) is 0 Å². The first-order valence-corrected chi connectivity index (χ1v) is 8.45. The van der Waals surface area contributed by atoms with Gasteiger partial charge in [0.1, 0.15) is 0 Å². The van der Waals surface area contributed by atoms with Crippen molar-refractivity contribution in [3.63, 3.8) is 0 Å². The van der Waals surface area contributed by atoms with Gasteiger partial charge in [-0.3, -0.25) is 0 Å². The Hall–Kier alpha value is 0.430. The first-order valence-electron chi connectivity index (χ1n) is 6.30. The van der Waals surface area contributed by atoms with Crippen LogP contribution in [0.25, 0.3) is 0 Å². The summed E-state index contributed by atoms with van der Waals surface area (Å²) in [5, 5.41) is 3.58. The second-order valence-electron chi connectivity index (χ2n) is 4.80. The van der Waals surface area contributed by atoms with E-state index in [1.807, 2.05) is 11.3 Å². The van der Waals surface area contributed by atoms with Gasteiger partial charge in [-0.25, -0.2) is 0 Å². The highest BCUT2D eigenvalue weighted by atomic mass is 79.9. The van der Waals surface area contributed by atoms with E-state index in [-0.39, 0.29) is 0 Å². The first-order chi connectivity index (χ1) is 8.29. The van der Waals surface area contributed by atoms with E-state index in [4.69, 9.17) is 11.6 Å². The van der Waals surface area contributed by atoms with E-state index in [9.17, 15) is 0 Å². The summed E-state index contributed by atoms with van der Waals surface area (Å²) < 4.78 is 1.21. The largest absolute Gasteiger partial charge is 0.312 e. The van der Waals surface area contributed by atoms with Crippen LogP contribution < -0.4 is 5.32 Å². The summed E-state index contributed by atoms with van der Waals surface area (Å²) in [5.41, 5.74) is 0. The third kappa shape index (κ3) is 4.23. The van der Waals surface area contributed by atoms with Crippen molar-refractivity contribution >= 4 is 38.9 Å². The molecular formula is C13H19BrClNS. The summed E-state index contributed by atoms with van der Waals surface area (Å²) in [6, 6.07) is 4.30. The zero-order valence-electron chi connectivity index (χ0n) is 9.92. The highest BCUT2D eigenvalue weighted by molar-refractivity contribution is 9.11. The maximum atomic E-state index is 6.04. The van der Waals surface area contributed by atoms with Crippen molar-refractivity contribution in [3.8, 4) is 0 Å². The third-order valence-corrected chi connectivity index (χ3v) is 5.62. The summed E-state index contributed by atoms with van der Waals surface area (Å²) in [4.78, 5) is 1.40. The van der Waals surface area contributed by atoms with Crippen molar-refractivity contribution in [1.82, 2.24) is 5.32 Å². The third-order valence-electron chi connectivity index (χ3n) is 3.60. The molecule has 1 aromatic heterocycles. The number of thiophene rings is 1. The molecule has 1 fully saturated rings. The Labute approximate surface area is 121 Å². The van der Waals surface area contributed by atoms with E-state index in [0.717, 1.165) is 30.8 Å². The van der Waals surface area contributed by atoms with Gasteiger partial charge in [-0.15, -0.1) is 22.9 Å². The van der Waals surface area contributed by atoms with Crippen LogP contribution in [0, 0.1) is 11.8 Å². The number of alkyl halides is 1. The van der Waals surface area contributed by atoms with E-state index in [2.05, 4.69) is 33.4 Å². The van der Waals surface area contributed by atoms with Gasteiger partial charge in [-0.1, -0.05) is 12.8 Å². The molecular weight excluding hydrogens is 318 g/mol. The van der Waals surface area contributed by atoms with Gasteiger partial charge in [0.2, 0.25) is 0 Å². The molecule has 4 heteroatoms. The second-order valence-corrected chi connectivity index (χ2v) is 7.65. The minimum atomic E-state index is 0.730. The maximum absolute atomic E-state index is 6.04. The number of hydrogen-bond donors (Lipinski definition) is 1. The minimum absolute atomic E-state index is 0.730. The topological polar surface area (TPSA) is 12.0 Å². The summed E-state index contributed by atoms with van der Waals surface area (Å²) in [6.07, 6.45) is 5.41.